The fraction of sp³-hybridized carbons (Fsp3) is 0.0833. The van der Waals surface area contributed by atoms with Gasteiger partial charge in [0.15, 0.2) is 0 Å². The van der Waals surface area contributed by atoms with Gasteiger partial charge in [-0.1, -0.05) is 35.9 Å². The summed E-state index contributed by atoms with van der Waals surface area (Å²) in [6, 6.07) is 12.2. The summed E-state index contributed by atoms with van der Waals surface area (Å²) in [4.78, 5) is 0. The van der Waals surface area contributed by atoms with Crippen LogP contribution in [0.2, 0.25) is 5.02 Å². The number of halogens is 1. The monoisotopic (exact) mass is 189 g/mol. The average Bonchev–Trinajstić information content (AvgIpc) is 2.16. The van der Waals surface area contributed by atoms with E-state index in [1.165, 1.54) is 16.3 Å². The molecule has 0 atom stereocenters. The second kappa shape index (κ2) is 3.39. The number of rotatable bonds is 1. The Morgan fingerprint density at radius 2 is 1.92 bits per heavy atom. The Morgan fingerprint density at radius 1 is 1.15 bits per heavy atom. The van der Waals surface area contributed by atoms with Crippen molar-refractivity contribution < 1.29 is 0 Å². The Bertz CT molecular complexity index is 432. The molecule has 0 bridgehead atoms. The fourth-order valence-electron chi connectivity index (χ4n) is 1.56. The van der Waals surface area contributed by atoms with Crippen molar-refractivity contribution in [2.45, 2.75) is 6.42 Å². The zero-order chi connectivity index (χ0) is 9.26. The first-order valence-electron chi connectivity index (χ1n) is 4.27. The molecule has 0 aliphatic rings. The zero-order valence-corrected chi connectivity index (χ0v) is 8.01. The SMILES string of the molecule is [CH2]Cc1cc(Cl)cc2ccccc12. The molecule has 0 amide bonds. The van der Waals surface area contributed by atoms with Gasteiger partial charge < -0.3 is 0 Å². The molecule has 0 aliphatic carbocycles. The van der Waals surface area contributed by atoms with Crippen molar-refractivity contribution >= 4 is 22.4 Å². The van der Waals surface area contributed by atoms with E-state index in [9.17, 15) is 0 Å². The van der Waals surface area contributed by atoms with Gasteiger partial charge in [0.05, 0.1) is 0 Å². The maximum Gasteiger partial charge on any atom is 0.0415 e. The van der Waals surface area contributed by atoms with Gasteiger partial charge in [-0.25, -0.2) is 0 Å². The van der Waals surface area contributed by atoms with Crippen molar-refractivity contribution in [2.24, 2.45) is 0 Å². The standard InChI is InChI=1S/C12H10Cl/c1-2-9-7-11(13)8-10-5-3-4-6-12(9)10/h3-8H,1-2H2. The average molecular weight is 190 g/mol. The summed E-state index contributed by atoms with van der Waals surface area (Å²) in [7, 11) is 0. The molecule has 65 valence electrons. The van der Waals surface area contributed by atoms with Crippen LogP contribution in [0.25, 0.3) is 10.8 Å². The summed E-state index contributed by atoms with van der Waals surface area (Å²) >= 11 is 5.97. The summed E-state index contributed by atoms with van der Waals surface area (Å²) in [6.07, 6.45) is 0.779. The molecule has 0 spiro atoms. The van der Waals surface area contributed by atoms with E-state index in [0.29, 0.717) is 0 Å². The van der Waals surface area contributed by atoms with Crippen LogP contribution in [0.1, 0.15) is 5.56 Å². The first-order valence-corrected chi connectivity index (χ1v) is 4.65. The van der Waals surface area contributed by atoms with Crippen molar-refractivity contribution in [3.63, 3.8) is 0 Å². The molecule has 0 heterocycles. The molecule has 1 radical (unpaired) electrons. The first kappa shape index (κ1) is 8.58. The number of fused-ring (bicyclic) bond motifs is 1. The van der Waals surface area contributed by atoms with Crippen molar-refractivity contribution in [3.05, 3.63) is 53.9 Å². The van der Waals surface area contributed by atoms with Gasteiger partial charge >= 0.3 is 0 Å². The molecule has 0 unspecified atom stereocenters. The molecule has 0 nitrogen and oxygen atoms in total. The maximum atomic E-state index is 5.97. The molecule has 2 aromatic rings. The van der Waals surface area contributed by atoms with Gasteiger partial charge in [0, 0.05) is 5.02 Å². The van der Waals surface area contributed by atoms with Crippen LogP contribution in [-0.2, 0) is 6.42 Å². The molecule has 1 heteroatoms. The zero-order valence-electron chi connectivity index (χ0n) is 7.26. The summed E-state index contributed by atoms with van der Waals surface area (Å²) in [5.41, 5.74) is 1.21. The van der Waals surface area contributed by atoms with E-state index in [0.717, 1.165) is 11.4 Å². The predicted octanol–water partition coefficient (Wildman–Crippen LogP) is 3.87. The molecule has 13 heavy (non-hydrogen) atoms. The lowest BCUT2D eigenvalue weighted by Gasteiger charge is -2.04. The molecular formula is C12H10Cl. The van der Waals surface area contributed by atoms with E-state index in [4.69, 9.17) is 11.6 Å². The quantitative estimate of drug-likeness (QED) is 0.639. The number of benzene rings is 2. The molecular weight excluding hydrogens is 180 g/mol. The van der Waals surface area contributed by atoms with Crippen LogP contribution in [0.15, 0.2) is 36.4 Å². The van der Waals surface area contributed by atoms with E-state index in [-0.39, 0.29) is 0 Å². The lowest BCUT2D eigenvalue weighted by molar-refractivity contribution is 1.30. The maximum absolute atomic E-state index is 5.97. The van der Waals surface area contributed by atoms with Crippen molar-refractivity contribution in [1.82, 2.24) is 0 Å². The highest BCUT2D eigenvalue weighted by atomic mass is 35.5. The van der Waals surface area contributed by atoms with E-state index >= 15 is 0 Å². The minimum atomic E-state index is 0.779. The molecule has 0 saturated carbocycles. The van der Waals surface area contributed by atoms with E-state index < -0.39 is 0 Å². The highest BCUT2D eigenvalue weighted by molar-refractivity contribution is 6.31. The molecule has 0 saturated heterocycles. The summed E-state index contributed by atoms with van der Waals surface area (Å²) in [5.74, 6) is 0. The molecule has 2 rings (SSSR count). The molecule has 0 aromatic heterocycles. The van der Waals surface area contributed by atoms with Gasteiger partial charge in [-0.15, -0.1) is 0 Å². The summed E-state index contributed by atoms with van der Waals surface area (Å²) < 4.78 is 0. The Morgan fingerprint density at radius 3 is 2.69 bits per heavy atom. The Labute approximate surface area is 83.1 Å². The second-order valence-corrected chi connectivity index (χ2v) is 3.47. The predicted molar refractivity (Wildman–Crippen MR) is 58.0 cm³/mol. The Hall–Kier alpha value is -1.01. The van der Waals surface area contributed by atoms with E-state index in [2.05, 4.69) is 19.1 Å². The number of hydrogen-bond acceptors (Lipinski definition) is 0. The van der Waals surface area contributed by atoms with Crippen LogP contribution in [0.3, 0.4) is 0 Å². The minimum Gasteiger partial charge on any atom is -0.0843 e. The third-order valence-corrected chi connectivity index (χ3v) is 2.40. The third-order valence-electron chi connectivity index (χ3n) is 2.18. The molecule has 2 aromatic carbocycles. The first-order chi connectivity index (χ1) is 6.31. The normalized spacial score (nSPS) is 10.6. The lowest BCUT2D eigenvalue weighted by Crippen LogP contribution is -1.83. The summed E-state index contributed by atoms with van der Waals surface area (Å²) in [6.45, 7) is 3.89. The van der Waals surface area contributed by atoms with Crippen LogP contribution in [-0.4, -0.2) is 0 Å². The highest BCUT2D eigenvalue weighted by Crippen LogP contribution is 2.23. The summed E-state index contributed by atoms with van der Waals surface area (Å²) in [5, 5.41) is 3.23. The van der Waals surface area contributed by atoms with Crippen LogP contribution in [0, 0.1) is 6.92 Å². The minimum absolute atomic E-state index is 0.779. The van der Waals surface area contributed by atoms with Gasteiger partial charge in [-0.3, -0.25) is 0 Å². The van der Waals surface area contributed by atoms with Crippen LogP contribution in [0.4, 0.5) is 0 Å². The Kier molecular flexibility index (Phi) is 2.24. The van der Waals surface area contributed by atoms with Crippen molar-refractivity contribution in [1.29, 1.82) is 0 Å². The van der Waals surface area contributed by atoms with Crippen LogP contribution in [0.5, 0.6) is 0 Å². The fourth-order valence-corrected chi connectivity index (χ4v) is 1.81. The smallest absolute Gasteiger partial charge is 0.0415 e. The van der Waals surface area contributed by atoms with E-state index in [1.807, 2.05) is 24.3 Å². The molecule has 0 N–H and O–H groups in total. The van der Waals surface area contributed by atoms with Gasteiger partial charge in [0.25, 0.3) is 0 Å². The second-order valence-electron chi connectivity index (χ2n) is 3.04. The van der Waals surface area contributed by atoms with Crippen molar-refractivity contribution in [3.8, 4) is 0 Å². The lowest BCUT2D eigenvalue weighted by atomic mass is 10.0. The molecule has 0 fully saturated rings. The van der Waals surface area contributed by atoms with Gasteiger partial charge in [-0.05, 0) is 41.8 Å². The Balaban J connectivity index is 2.81. The topological polar surface area (TPSA) is 0 Å². The van der Waals surface area contributed by atoms with Crippen LogP contribution < -0.4 is 0 Å². The highest BCUT2D eigenvalue weighted by Gasteiger charge is 1.99. The van der Waals surface area contributed by atoms with Gasteiger partial charge in [0.1, 0.15) is 0 Å². The van der Waals surface area contributed by atoms with Gasteiger partial charge in [-0.2, -0.15) is 0 Å². The van der Waals surface area contributed by atoms with Crippen molar-refractivity contribution in [2.75, 3.05) is 0 Å². The van der Waals surface area contributed by atoms with E-state index in [1.54, 1.807) is 0 Å². The molecule has 0 aliphatic heterocycles. The largest absolute Gasteiger partial charge is 0.0843 e. The number of hydrogen-bond donors (Lipinski definition) is 0. The third kappa shape index (κ3) is 1.54. The van der Waals surface area contributed by atoms with Gasteiger partial charge in [0.2, 0.25) is 0 Å². The van der Waals surface area contributed by atoms with Crippen LogP contribution >= 0.6 is 11.6 Å².